The van der Waals surface area contributed by atoms with Crippen LogP contribution >= 0.6 is 0 Å². The van der Waals surface area contributed by atoms with Crippen molar-refractivity contribution in [1.82, 2.24) is 4.90 Å². The van der Waals surface area contributed by atoms with Crippen LogP contribution in [0.25, 0.3) is 0 Å². The zero-order chi connectivity index (χ0) is 21.8. The standard InChI is InChI=1S/C23H31NO6/c1-14-6-5-7-18(15(14)2)24-12-17(11-22(24)26)23(27)30-13-19(25)16-8-9-20(28-3)21(10-16)29-4/h8-10,14-15,17-18H,5-7,11-13H2,1-4H3/t14-,15+,17+,18+/m0/s1. The molecule has 7 heteroatoms. The first-order valence-corrected chi connectivity index (χ1v) is 10.6. The van der Waals surface area contributed by atoms with Crippen molar-refractivity contribution in [3.05, 3.63) is 23.8 Å². The number of Topliss-reactive ketones (excluding diaryl/α,β-unsaturated/α-hetero) is 1. The Kier molecular flexibility index (Phi) is 7.00. The Hall–Kier alpha value is -2.57. The summed E-state index contributed by atoms with van der Waals surface area (Å²) in [6.07, 6.45) is 3.43. The van der Waals surface area contributed by atoms with E-state index in [1.807, 2.05) is 4.90 Å². The van der Waals surface area contributed by atoms with Crippen LogP contribution in [0.4, 0.5) is 0 Å². The molecule has 1 saturated heterocycles. The smallest absolute Gasteiger partial charge is 0.311 e. The highest BCUT2D eigenvalue weighted by molar-refractivity contribution is 5.99. The van der Waals surface area contributed by atoms with Gasteiger partial charge < -0.3 is 19.1 Å². The Morgan fingerprint density at radius 1 is 1.10 bits per heavy atom. The molecule has 0 aromatic heterocycles. The summed E-state index contributed by atoms with van der Waals surface area (Å²) in [5.74, 6) is 0.612. The van der Waals surface area contributed by atoms with E-state index in [2.05, 4.69) is 13.8 Å². The summed E-state index contributed by atoms with van der Waals surface area (Å²) < 4.78 is 15.6. The van der Waals surface area contributed by atoms with E-state index < -0.39 is 11.9 Å². The lowest BCUT2D eigenvalue weighted by Crippen LogP contribution is -2.45. The Morgan fingerprint density at radius 3 is 2.53 bits per heavy atom. The maximum Gasteiger partial charge on any atom is 0.311 e. The number of nitrogens with zero attached hydrogens (tertiary/aromatic N) is 1. The molecular weight excluding hydrogens is 386 g/mol. The highest BCUT2D eigenvalue weighted by atomic mass is 16.5. The molecule has 1 aromatic carbocycles. The molecule has 30 heavy (non-hydrogen) atoms. The fourth-order valence-corrected chi connectivity index (χ4v) is 4.55. The third kappa shape index (κ3) is 4.60. The molecule has 1 heterocycles. The summed E-state index contributed by atoms with van der Waals surface area (Å²) in [6, 6.07) is 4.98. The molecule has 7 nitrogen and oxygen atoms in total. The van der Waals surface area contributed by atoms with Crippen molar-refractivity contribution in [2.24, 2.45) is 17.8 Å². The summed E-state index contributed by atoms with van der Waals surface area (Å²) in [7, 11) is 3.00. The number of hydrogen-bond acceptors (Lipinski definition) is 6. The minimum absolute atomic E-state index is 0.00844. The van der Waals surface area contributed by atoms with Gasteiger partial charge in [0.15, 0.2) is 23.9 Å². The summed E-state index contributed by atoms with van der Waals surface area (Å²) in [4.78, 5) is 39.4. The zero-order valence-electron chi connectivity index (χ0n) is 18.2. The van der Waals surface area contributed by atoms with Gasteiger partial charge in [0, 0.05) is 24.6 Å². The third-order valence-corrected chi connectivity index (χ3v) is 6.61. The minimum atomic E-state index is -0.514. The molecule has 2 aliphatic rings. The van der Waals surface area contributed by atoms with Crippen LogP contribution < -0.4 is 9.47 Å². The van der Waals surface area contributed by atoms with Gasteiger partial charge in [-0.25, -0.2) is 0 Å². The van der Waals surface area contributed by atoms with Crippen LogP contribution in [0.1, 0.15) is 49.9 Å². The summed E-state index contributed by atoms with van der Waals surface area (Å²) in [5, 5.41) is 0. The summed E-state index contributed by atoms with van der Waals surface area (Å²) >= 11 is 0. The van der Waals surface area contributed by atoms with E-state index in [1.165, 1.54) is 20.6 Å². The zero-order valence-corrected chi connectivity index (χ0v) is 18.2. The number of esters is 1. The van der Waals surface area contributed by atoms with Gasteiger partial charge in [-0.05, 0) is 36.5 Å². The van der Waals surface area contributed by atoms with Gasteiger partial charge >= 0.3 is 5.97 Å². The molecule has 1 aliphatic carbocycles. The van der Waals surface area contributed by atoms with Gasteiger partial charge in [-0.2, -0.15) is 0 Å². The molecular formula is C23H31NO6. The van der Waals surface area contributed by atoms with E-state index in [9.17, 15) is 14.4 Å². The molecule has 1 aliphatic heterocycles. The molecule has 164 valence electrons. The van der Waals surface area contributed by atoms with Gasteiger partial charge in [0.25, 0.3) is 0 Å². The quantitative estimate of drug-likeness (QED) is 0.501. The number of rotatable bonds is 7. The lowest BCUT2D eigenvalue weighted by molar-refractivity contribution is -0.147. The largest absolute Gasteiger partial charge is 0.493 e. The van der Waals surface area contributed by atoms with E-state index in [1.54, 1.807) is 18.2 Å². The molecule has 0 N–H and O–H groups in total. The SMILES string of the molecule is COc1ccc(C(=O)COC(=O)[C@@H]2CC(=O)N([C@@H]3CCC[C@H](C)[C@H]3C)C2)cc1OC. The predicted octanol–water partition coefficient (Wildman–Crippen LogP) is 3.10. The van der Waals surface area contributed by atoms with E-state index >= 15 is 0 Å². The van der Waals surface area contributed by atoms with Gasteiger partial charge in [-0.1, -0.05) is 26.7 Å². The average molecular weight is 418 g/mol. The second kappa shape index (κ2) is 9.49. The van der Waals surface area contributed by atoms with Crippen molar-refractivity contribution in [2.75, 3.05) is 27.4 Å². The van der Waals surface area contributed by atoms with Crippen LogP contribution in [-0.2, 0) is 14.3 Å². The number of likely N-dealkylation sites (tertiary alicyclic amines) is 1. The topological polar surface area (TPSA) is 82.1 Å². The van der Waals surface area contributed by atoms with Crippen LogP contribution in [0.5, 0.6) is 11.5 Å². The molecule has 0 unspecified atom stereocenters. The summed E-state index contributed by atoms with van der Waals surface area (Å²) in [5.41, 5.74) is 0.370. The number of methoxy groups -OCH3 is 2. The van der Waals surface area contributed by atoms with E-state index in [0.717, 1.165) is 12.8 Å². The van der Waals surface area contributed by atoms with Crippen molar-refractivity contribution in [2.45, 2.75) is 45.6 Å². The maximum atomic E-state index is 12.6. The number of carbonyl (C=O) groups is 3. The van der Waals surface area contributed by atoms with Crippen molar-refractivity contribution in [3.8, 4) is 11.5 Å². The van der Waals surface area contributed by atoms with Crippen LogP contribution in [0, 0.1) is 17.8 Å². The molecule has 1 amide bonds. The molecule has 4 atom stereocenters. The highest BCUT2D eigenvalue weighted by Gasteiger charge is 2.42. The number of hydrogen-bond donors (Lipinski definition) is 0. The van der Waals surface area contributed by atoms with E-state index in [4.69, 9.17) is 14.2 Å². The van der Waals surface area contributed by atoms with Crippen LogP contribution in [-0.4, -0.2) is 56.0 Å². The number of benzene rings is 1. The molecule has 0 radical (unpaired) electrons. The Balaban J connectivity index is 1.56. The van der Waals surface area contributed by atoms with Crippen molar-refractivity contribution >= 4 is 17.7 Å². The first-order valence-electron chi connectivity index (χ1n) is 10.6. The number of ketones is 1. The van der Waals surface area contributed by atoms with Gasteiger partial charge in [0.1, 0.15) is 0 Å². The predicted molar refractivity (Wildman–Crippen MR) is 111 cm³/mol. The normalized spacial score (nSPS) is 26.4. The lowest BCUT2D eigenvalue weighted by Gasteiger charge is -2.39. The first kappa shape index (κ1) is 22.1. The Bertz CT molecular complexity index is 807. The minimum Gasteiger partial charge on any atom is -0.493 e. The molecule has 1 saturated carbocycles. The third-order valence-electron chi connectivity index (χ3n) is 6.61. The Morgan fingerprint density at radius 2 is 1.83 bits per heavy atom. The number of carbonyl (C=O) groups excluding carboxylic acids is 3. The van der Waals surface area contributed by atoms with Gasteiger partial charge in [0.05, 0.1) is 20.1 Å². The second-order valence-corrected chi connectivity index (χ2v) is 8.38. The Labute approximate surface area is 177 Å². The fourth-order valence-electron chi connectivity index (χ4n) is 4.55. The van der Waals surface area contributed by atoms with Crippen LogP contribution in [0.3, 0.4) is 0 Å². The average Bonchev–Trinajstić information content (AvgIpc) is 3.14. The van der Waals surface area contributed by atoms with Crippen molar-refractivity contribution < 1.29 is 28.6 Å². The lowest BCUT2D eigenvalue weighted by atomic mass is 9.77. The van der Waals surface area contributed by atoms with E-state index in [-0.39, 0.29) is 30.8 Å². The van der Waals surface area contributed by atoms with Gasteiger partial charge in [0.2, 0.25) is 5.91 Å². The fraction of sp³-hybridized carbons (Fsp3) is 0.609. The summed E-state index contributed by atoms with van der Waals surface area (Å²) in [6.45, 7) is 4.43. The molecule has 1 aromatic rings. The maximum absolute atomic E-state index is 12.6. The van der Waals surface area contributed by atoms with Crippen molar-refractivity contribution in [1.29, 1.82) is 0 Å². The highest BCUT2D eigenvalue weighted by Crippen LogP contribution is 2.36. The van der Waals surface area contributed by atoms with Crippen LogP contribution in [0.2, 0.25) is 0 Å². The number of amides is 1. The van der Waals surface area contributed by atoms with E-state index in [0.29, 0.717) is 35.4 Å². The van der Waals surface area contributed by atoms with Gasteiger partial charge in [-0.15, -0.1) is 0 Å². The molecule has 3 rings (SSSR count). The van der Waals surface area contributed by atoms with Gasteiger partial charge in [-0.3, -0.25) is 14.4 Å². The first-order chi connectivity index (χ1) is 14.3. The number of ether oxygens (including phenoxy) is 3. The van der Waals surface area contributed by atoms with Crippen molar-refractivity contribution in [3.63, 3.8) is 0 Å². The molecule has 0 bridgehead atoms. The molecule has 0 spiro atoms. The monoisotopic (exact) mass is 417 g/mol. The van der Waals surface area contributed by atoms with Crippen LogP contribution in [0.15, 0.2) is 18.2 Å². The molecule has 2 fully saturated rings. The second-order valence-electron chi connectivity index (χ2n) is 8.38.